The molecule has 4 rings (SSSR count). The first kappa shape index (κ1) is 19.5. The average molecular weight is 411 g/mol. The number of H-pyrrole nitrogens is 1. The Bertz CT molecular complexity index is 996. The summed E-state index contributed by atoms with van der Waals surface area (Å²) in [5, 5.41) is 8.07. The van der Waals surface area contributed by atoms with E-state index in [9.17, 15) is 9.59 Å². The molecular weight excluding hydrogens is 384 g/mol. The van der Waals surface area contributed by atoms with Crippen LogP contribution in [0.1, 0.15) is 28.0 Å². The molecule has 1 saturated heterocycles. The molecule has 0 radical (unpaired) electrons. The lowest BCUT2D eigenvalue weighted by atomic mass is 10.1. The molecule has 152 valence electrons. The van der Waals surface area contributed by atoms with Crippen LogP contribution < -0.4 is 5.32 Å². The third-order valence-electron chi connectivity index (χ3n) is 5.52. The molecule has 2 N–H and O–H groups in total. The molecule has 1 aliphatic rings. The van der Waals surface area contributed by atoms with Gasteiger partial charge in [-0.2, -0.15) is 11.3 Å². The molecule has 3 aromatic rings. The number of hydrogen-bond acceptors (Lipinski definition) is 3. The number of aromatic amines is 1. The van der Waals surface area contributed by atoms with Crippen molar-refractivity contribution in [2.75, 3.05) is 32.7 Å². The van der Waals surface area contributed by atoms with Gasteiger partial charge in [0.1, 0.15) is 0 Å². The highest BCUT2D eigenvalue weighted by Gasteiger charge is 2.23. The van der Waals surface area contributed by atoms with Gasteiger partial charge >= 0.3 is 6.03 Å². The van der Waals surface area contributed by atoms with Gasteiger partial charge in [0.05, 0.1) is 5.56 Å². The molecular formula is C22H26N4O2S. The van der Waals surface area contributed by atoms with E-state index >= 15 is 0 Å². The highest BCUT2D eigenvalue weighted by molar-refractivity contribution is 7.08. The van der Waals surface area contributed by atoms with Gasteiger partial charge in [-0.15, -0.1) is 0 Å². The molecule has 0 aliphatic carbocycles. The van der Waals surface area contributed by atoms with Crippen LogP contribution in [0, 0.1) is 6.92 Å². The summed E-state index contributed by atoms with van der Waals surface area (Å²) in [6.45, 7) is 5.16. The van der Waals surface area contributed by atoms with E-state index in [-0.39, 0.29) is 11.9 Å². The number of aromatic nitrogens is 1. The van der Waals surface area contributed by atoms with Crippen molar-refractivity contribution in [2.45, 2.75) is 19.8 Å². The Balaban J connectivity index is 1.30. The summed E-state index contributed by atoms with van der Waals surface area (Å²) in [5.41, 5.74) is 4.28. The van der Waals surface area contributed by atoms with Gasteiger partial charge in [0.15, 0.2) is 0 Å². The largest absolute Gasteiger partial charge is 0.358 e. The van der Waals surface area contributed by atoms with Gasteiger partial charge in [-0.3, -0.25) is 4.79 Å². The zero-order valence-electron chi connectivity index (χ0n) is 16.6. The van der Waals surface area contributed by atoms with Gasteiger partial charge in [-0.05, 0) is 42.8 Å². The first-order valence-electron chi connectivity index (χ1n) is 10.0. The predicted octanol–water partition coefficient (Wildman–Crippen LogP) is 3.64. The van der Waals surface area contributed by atoms with Crippen LogP contribution in [0.15, 0.2) is 41.1 Å². The standard InChI is InChI=1S/C22H26N4O2S/c1-16-18(19-5-2-3-6-20(19)24-16)7-9-23-22(28)26-11-4-10-25(12-13-26)21(27)17-8-14-29-15-17/h2-3,5-6,8,14-15,24H,4,7,9-13H2,1H3,(H,23,28). The Hall–Kier alpha value is -2.80. The molecule has 7 heteroatoms. The maximum atomic E-state index is 12.6. The zero-order valence-corrected chi connectivity index (χ0v) is 17.4. The fraction of sp³-hybridized carbons (Fsp3) is 0.364. The molecule has 0 spiro atoms. The number of nitrogens with one attached hydrogen (secondary N) is 2. The van der Waals surface area contributed by atoms with E-state index in [1.54, 1.807) is 0 Å². The van der Waals surface area contributed by atoms with Gasteiger partial charge in [0, 0.05) is 54.7 Å². The molecule has 3 heterocycles. The number of carbonyl (C=O) groups excluding carboxylic acids is 2. The van der Waals surface area contributed by atoms with E-state index in [2.05, 4.69) is 29.4 Å². The van der Waals surface area contributed by atoms with Gasteiger partial charge in [0.25, 0.3) is 5.91 Å². The lowest BCUT2D eigenvalue weighted by Crippen LogP contribution is -2.43. The molecule has 29 heavy (non-hydrogen) atoms. The number of benzene rings is 1. The number of para-hydroxylation sites is 1. The summed E-state index contributed by atoms with van der Waals surface area (Å²) in [7, 11) is 0. The predicted molar refractivity (Wildman–Crippen MR) is 117 cm³/mol. The monoisotopic (exact) mass is 410 g/mol. The second-order valence-electron chi connectivity index (χ2n) is 7.40. The molecule has 3 amide bonds. The third-order valence-corrected chi connectivity index (χ3v) is 6.20. The molecule has 1 aromatic carbocycles. The van der Waals surface area contributed by atoms with Gasteiger partial charge in [-0.1, -0.05) is 18.2 Å². The van der Waals surface area contributed by atoms with Crippen molar-refractivity contribution in [2.24, 2.45) is 0 Å². The highest BCUT2D eigenvalue weighted by atomic mass is 32.1. The minimum absolute atomic E-state index is 0.0488. The van der Waals surface area contributed by atoms with E-state index in [1.165, 1.54) is 22.3 Å². The molecule has 0 saturated carbocycles. The minimum atomic E-state index is -0.0488. The molecule has 0 atom stereocenters. The van der Waals surface area contributed by atoms with Crippen molar-refractivity contribution in [3.05, 3.63) is 57.9 Å². The van der Waals surface area contributed by atoms with Crippen molar-refractivity contribution in [3.63, 3.8) is 0 Å². The summed E-state index contributed by atoms with van der Waals surface area (Å²) in [6, 6.07) is 10.1. The maximum Gasteiger partial charge on any atom is 0.317 e. The lowest BCUT2D eigenvalue weighted by molar-refractivity contribution is 0.0763. The normalized spacial score (nSPS) is 14.8. The molecule has 2 aromatic heterocycles. The quantitative estimate of drug-likeness (QED) is 0.690. The van der Waals surface area contributed by atoms with Crippen LogP contribution in [0.3, 0.4) is 0 Å². The van der Waals surface area contributed by atoms with Crippen LogP contribution >= 0.6 is 11.3 Å². The number of urea groups is 1. The molecule has 6 nitrogen and oxygen atoms in total. The van der Waals surface area contributed by atoms with Crippen LogP contribution in [-0.4, -0.2) is 59.4 Å². The Morgan fingerprint density at radius 1 is 1.10 bits per heavy atom. The topological polar surface area (TPSA) is 68.4 Å². The number of thiophene rings is 1. The highest BCUT2D eigenvalue weighted by Crippen LogP contribution is 2.22. The maximum absolute atomic E-state index is 12.6. The van der Waals surface area contributed by atoms with Crippen LogP contribution in [-0.2, 0) is 6.42 Å². The minimum Gasteiger partial charge on any atom is -0.358 e. The van der Waals surface area contributed by atoms with Crippen molar-refractivity contribution < 1.29 is 9.59 Å². The number of carbonyl (C=O) groups is 2. The van der Waals surface area contributed by atoms with Crippen molar-refractivity contribution in [1.82, 2.24) is 20.1 Å². The van der Waals surface area contributed by atoms with Gasteiger partial charge in [0.2, 0.25) is 0 Å². The summed E-state index contributed by atoms with van der Waals surface area (Å²) >= 11 is 1.53. The van der Waals surface area contributed by atoms with Gasteiger partial charge < -0.3 is 20.1 Å². The Morgan fingerprint density at radius 2 is 1.90 bits per heavy atom. The zero-order chi connectivity index (χ0) is 20.2. The molecule has 0 bridgehead atoms. The summed E-state index contributed by atoms with van der Waals surface area (Å²) in [5.74, 6) is 0.0586. The first-order chi connectivity index (χ1) is 14.1. The molecule has 1 fully saturated rings. The Kier molecular flexibility index (Phi) is 5.85. The fourth-order valence-corrected chi connectivity index (χ4v) is 4.59. The summed E-state index contributed by atoms with van der Waals surface area (Å²) in [6.07, 6.45) is 1.59. The van der Waals surface area contributed by atoms with Crippen LogP contribution in [0.5, 0.6) is 0 Å². The second kappa shape index (κ2) is 8.69. The van der Waals surface area contributed by atoms with E-state index < -0.39 is 0 Å². The van der Waals surface area contributed by atoms with Crippen molar-refractivity contribution in [1.29, 1.82) is 0 Å². The van der Waals surface area contributed by atoms with E-state index in [1.807, 2.05) is 38.8 Å². The van der Waals surface area contributed by atoms with Crippen LogP contribution in [0.2, 0.25) is 0 Å². The average Bonchev–Trinajstić information content (AvgIpc) is 3.29. The van der Waals surface area contributed by atoms with Crippen molar-refractivity contribution >= 4 is 34.2 Å². The fourth-order valence-electron chi connectivity index (χ4n) is 3.96. The number of rotatable bonds is 4. The van der Waals surface area contributed by atoms with Gasteiger partial charge in [-0.25, -0.2) is 4.79 Å². The lowest BCUT2D eigenvalue weighted by Gasteiger charge is -2.22. The SMILES string of the molecule is Cc1[nH]c2ccccc2c1CCNC(=O)N1CCCN(C(=O)c2ccsc2)CC1. The number of aryl methyl sites for hydroxylation is 1. The number of amides is 3. The second-order valence-corrected chi connectivity index (χ2v) is 8.18. The van der Waals surface area contributed by atoms with Crippen molar-refractivity contribution in [3.8, 4) is 0 Å². The first-order valence-corrected chi connectivity index (χ1v) is 11.0. The van der Waals surface area contributed by atoms with E-state index in [0.29, 0.717) is 32.7 Å². The van der Waals surface area contributed by atoms with E-state index in [0.717, 1.165) is 29.6 Å². The molecule has 0 unspecified atom stereocenters. The van der Waals surface area contributed by atoms with Crippen LogP contribution in [0.4, 0.5) is 4.79 Å². The Labute approximate surface area is 174 Å². The molecule has 1 aliphatic heterocycles. The summed E-state index contributed by atoms with van der Waals surface area (Å²) < 4.78 is 0. The van der Waals surface area contributed by atoms with Crippen LogP contribution in [0.25, 0.3) is 10.9 Å². The summed E-state index contributed by atoms with van der Waals surface area (Å²) in [4.78, 5) is 32.3. The third kappa shape index (κ3) is 4.29. The Morgan fingerprint density at radius 3 is 2.72 bits per heavy atom. The number of nitrogens with zero attached hydrogens (tertiary/aromatic N) is 2. The van der Waals surface area contributed by atoms with E-state index in [4.69, 9.17) is 0 Å². The smallest absolute Gasteiger partial charge is 0.317 e. The number of hydrogen-bond donors (Lipinski definition) is 2. The number of fused-ring (bicyclic) bond motifs is 1.